The number of carbonyl (C=O) groups is 2. The van der Waals surface area contributed by atoms with Crippen molar-refractivity contribution in [3.05, 3.63) is 71.3 Å². The molecule has 1 fully saturated rings. The number of allylic oxidation sites excluding steroid dienone is 4. The first kappa shape index (κ1) is 19.3. The molecule has 1 aromatic carbocycles. The van der Waals surface area contributed by atoms with Crippen LogP contribution in [0.2, 0.25) is 0 Å². The van der Waals surface area contributed by atoms with Gasteiger partial charge in [-0.1, -0.05) is 75.4 Å². The zero-order valence-electron chi connectivity index (χ0n) is 16.7. The summed E-state index contributed by atoms with van der Waals surface area (Å²) in [5.74, 6) is -0.519. The van der Waals surface area contributed by atoms with Gasteiger partial charge in [0, 0.05) is 11.5 Å². The van der Waals surface area contributed by atoms with Gasteiger partial charge in [-0.25, -0.2) is 0 Å². The Hall–Kier alpha value is -2.42. The number of hydrogen-bond donors (Lipinski definition) is 0. The number of hydrogen-bond acceptors (Lipinski definition) is 3. The molecule has 142 valence electrons. The van der Waals surface area contributed by atoms with Gasteiger partial charge >= 0.3 is 5.97 Å². The molecule has 2 aliphatic rings. The summed E-state index contributed by atoms with van der Waals surface area (Å²) >= 11 is 0. The second-order valence-corrected chi connectivity index (χ2v) is 8.66. The quantitative estimate of drug-likeness (QED) is 0.558. The Kier molecular flexibility index (Phi) is 4.98. The van der Waals surface area contributed by atoms with Crippen LogP contribution in [0, 0.1) is 5.92 Å². The molecule has 0 N–H and O–H groups in total. The third-order valence-electron chi connectivity index (χ3n) is 5.74. The van der Waals surface area contributed by atoms with Gasteiger partial charge in [-0.2, -0.15) is 0 Å². The van der Waals surface area contributed by atoms with Crippen LogP contribution in [0.15, 0.2) is 60.2 Å². The van der Waals surface area contributed by atoms with E-state index in [1.807, 2.05) is 36.4 Å². The molecule has 2 aliphatic carbocycles. The summed E-state index contributed by atoms with van der Waals surface area (Å²) in [6, 6.07) is 8.02. The van der Waals surface area contributed by atoms with Crippen LogP contribution in [0.1, 0.15) is 51.2 Å². The first-order valence-corrected chi connectivity index (χ1v) is 9.47. The topological polar surface area (TPSA) is 43.4 Å². The number of rotatable bonds is 2. The van der Waals surface area contributed by atoms with Crippen LogP contribution >= 0.6 is 0 Å². The number of Topliss-reactive ketones (excluding diaryl/α,β-unsaturated/α-hetero) is 1. The third-order valence-corrected chi connectivity index (χ3v) is 5.74. The van der Waals surface area contributed by atoms with Crippen molar-refractivity contribution in [3.8, 4) is 0 Å². The van der Waals surface area contributed by atoms with Crippen LogP contribution in [-0.2, 0) is 25.2 Å². The maximum Gasteiger partial charge on any atom is 0.321 e. The lowest BCUT2D eigenvalue weighted by atomic mass is 9.69. The molecule has 0 amide bonds. The predicted octanol–water partition coefficient (Wildman–Crippen LogP) is 4.82. The molecule has 3 rings (SSSR count). The number of esters is 1. The minimum Gasteiger partial charge on any atom is -0.468 e. The minimum atomic E-state index is -1.14. The van der Waals surface area contributed by atoms with Gasteiger partial charge < -0.3 is 4.74 Å². The molecule has 0 aromatic heterocycles. The molecule has 0 unspecified atom stereocenters. The van der Waals surface area contributed by atoms with E-state index in [1.165, 1.54) is 12.7 Å². The average molecular weight is 364 g/mol. The lowest BCUT2D eigenvalue weighted by Gasteiger charge is -2.33. The summed E-state index contributed by atoms with van der Waals surface area (Å²) in [7, 11) is 1.39. The maximum atomic E-state index is 13.3. The summed E-state index contributed by atoms with van der Waals surface area (Å²) in [5, 5.41) is 0. The Morgan fingerprint density at radius 2 is 1.89 bits per heavy atom. The smallest absolute Gasteiger partial charge is 0.321 e. The van der Waals surface area contributed by atoms with E-state index in [0.717, 1.165) is 11.1 Å². The van der Waals surface area contributed by atoms with Gasteiger partial charge in [0.2, 0.25) is 0 Å². The molecular formula is C24H28O3. The molecule has 27 heavy (non-hydrogen) atoms. The van der Waals surface area contributed by atoms with E-state index in [4.69, 9.17) is 4.74 Å². The summed E-state index contributed by atoms with van der Waals surface area (Å²) in [6.45, 7) is 10.6. The zero-order valence-corrected chi connectivity index (χ0v) is 16.7. The fourth-order valence-corrected chi connectivity index (χ4v) is 4.22. The highest BCUT2D eigenvalue weighted by atomic mass is 16.5. The number of ketones is 1. The van der Waals surface area contributed by atoms with E-state index < -0.39 is 11.4 Å². The van der Waals surface area contributed by atoms with Crippen LogP contribution in [0.25, 0.3) is 0 Å². The van der Waals surface area contributed by atoms with Crippen molar-refractivity contribution in [3.63, 3.8) is 0 Å². The van der Waals surface area contributed by atoms with E-state index >= 15 is 0 Å². The highest BCUT2D eigenvalue weighted by Crippen LogP contribution is 2.46. The Labute approximate surface area is 161 Å². The van der Waals surface area contributed by atoms with Crippen molar-refractivity contribution in [1.82, 2.24) is 0 Å². The van der Waals surface area contributed by atoms with Gasteiger partial charge in [0.15, 0.2) is 5.78 Å². The minimum absolute atomic E-state index is 0.00918. The average Bonchev–Trinajstić information content (AvgIpc) is 2.87. The van der Waals surface area contributed by atoms with Crippen molar-refractivity contribution in [2.24, 2.45) is 5.92 Å². The second-order valence-electron chi connectivity index (χ2n) is 8.66. The molecule has 3 heteroatoms. The molecule has 0 aliphatic heterocycles. The number of fused-ring (bicyclic) bond motifs is 2. The van der Waals surface area contributed by atoms with Gasteiger partial charge in [-0.15, -0.1) is 0 Å². The van der Waals surface area contributed by atoms with Crippen LogP contribution in [0.4, 0.5) is 0 Å². The van der Waals surface area contributed by atoms with Gasteiger partial charge in [-0.3, -0.25) is 9.59 Å². The highest BCUT2D eigenvalue weighted by Gasteiger charge is 2.51. The number of methoxy groups -OCH3 is 1. The van der Waals surface area contributed by atoms with Crippen molar-refractivity contribution in [2.75, 3.05) is 7.11 Å². The number of benzene rings is 1. The predicted molar refractivity (Wildman–Crippen MR) is 108 cm³/mol. The maximum absolute atomic E-state index is 13.3. The van der Waals surface area contributed by atoms with Crippen LogP contribution in [0.3, 0.4) is 0 Å². The Morgan fingerprint density at radius 3 is 2.48 bits per heavy atom. The Morgan fingerprint density at radius 1 is 1.22 bits per heavy atom. The molecule has 2 bridgehead atoms. The lowest BCUT2D eigenvalue weighted by Crippen LogP contribution is -2.41. The summed E-state index contributed by atoms with van der Waals surface area (Å²) in [6.07, 6.45) is 7.38. The molecule has 0 heterocycles. The fraction of sp³-hybridized carbons (Fsp3) is 0.417. The normalized spacial score (nSPS) is 25.5. The molecule has 1 aromatic rings. The SMILES string of the molecule is C=C1C[C@@H]2CC=CC=C(C2=O)[C@@](C(=O)OC)(c2ccc(C(C)(C)C)cc2)C1. The largest absolute Gasteiger partial charge is 0.468 e. The molecular weight excluding hydrogens is 336 g/mol. The van der Waals surface area contributed by atoms with Crippen molar-refractivity contribution in [1.29, 1.82) is 0 Å². The van der Waals surface area contributed by atoms with Crippen molar-refractivity contribution < 1.29 is 14.3 Å². The first-order valence-electron chi connectivity index (χ1n) is 9.47. The summed E-state index contributed by atoms with van der Waals surface area (Å²) in [5.41, 5.74) is 2.28. The van der Waals surface area contributed by atoms with E-state index in [1.54, 1.807) is 6.08 Å². The molecule has 1 saturated carbocycles. The lowest BCUT2D eigenvalue weighted by molar-refractivity contribution is -0.146. The molecule has 3 nitrogen and oxygen atoms in total. The van der Waals surface area contributed by atoms with E-state index in [-0.39, 0.29) is 17.1 Å². The molecule has 0 saturated heterocycles. The number of carbonyl (C=O) groups excluding carboxylic acids is 2. The summed E-state index contributed by atoms with van der Waals surface area (Å²) < 4.78 is 5.23. The third kappa shape index (κ3) is 3.31. The number of ether oxygens (including phenoxy) is 1. The van der Waals surface area contributed by atoms with E-state index in [2.05, 4.69) is 27.4 Å². The zero-order chi connectivity index (χ0) is 19.8. The van der Waals surface area contributed by atoms with E-state index in [0.29, 0.717) is 24.8 Å². The van der Waals surface area contributed by atoms with Crippen LogP contribution < -0.4 is 0 Å². The molecule has 0 radical (unpaired) electrons. The highest BCUT2D eigenvalue weighted by molar-refractivity contribution is 6.08. The van der Waals surface area contributed by atoms with Gasteiger partial charge in [0.05, 0.1) is 7.11 Å². The monoisotopic (exact) mass is 364 g/mol. The van der Waals surface area contributed by atoms with E-state index in [9.17, 15) is 9.59 Å². The molecule has 0 spiro atoms. The van der Waals surface area contributed by atoms with Crippen LogP contribution in [0.5, 0.6) is 0 Å². The first-order chi connectivity index (χ1) is 12.7. The van der Waals surface area contributed by atoms with Gasteiger partial charge in [-0.05, 0) is 35.8 Å². The van der Waals surface area contributed by atoms with Crippen molar-refractivity contribution in [2.45, 2.75) is 50.9 Å². The van der Waals surface area contributed by atoms with Crippen LogP contribution in [-0.4, -0.2) is 18.9 Å². The Balaban J connectivity index is 2.24. The standard InChI is InChI=1S/C24H28O3/c1-16-14-17-8-6-7-9-20(21(17)25)24(15-16,22(26)27-5)19-12-10-18(11-13-19)23(2,3)4/h6-7,9-13,17H,1,8,14-15H2,2-5H3/t17-,24-/m0/s1. The van der Waals surface area contributed by atoms with Gasteiger partial charge in [0.1, 0.15) is 5.41 Å². The Bertz CT molecular complexity index is 833. The summed E-state index contributed by atoms with van der Waals surface area (Å²) in [4.78, 5) is 26.4. The molecule has 2 atom stereocenters. The second kappa shape index (κ2) is 6.95. The van der Waals surface area contributed by atoms with Gasteiger partial charge in [0.25, 0.3) is 0 Å². The fourth-order valence-electron chi connectivity index (χ4n) is 4.22. The van der Waals surface area contributed by atoms with Crippen molar-refractivity contribution >= 4 is 11.8 Å².